The first-order valence-corrected chi connectivity index (χ1v) is 5.33. The minimum absolute atomic E-state index is 0.242. The van der Waals surface area contributed by atoms with Gasteiger partial charge >= 0.3 is 6.55 Å². The van der Waals surface area contributed by atoms with E-state index >= 15 is 0 Å². The van der Waals surface area contributed by atoms with Gasteiger partial charge in [-0.15, -0.1) is 0 Å². The highest BCUT2D eigenvalue weighted by molar-refractivity contribution is 5.62. The van der Waals surface area contributed by atoms with Crippen molar-refractivity contribution in [3.05, 3.63) is 45.8 Å². The zero-order valence-corrected chi connectivity index (χ0v) is 10.1. The normalized spacial score (nSPS) is 10.8. The van der Waals surface area contributed by atoms with E-state index in [0.29, 0.717) is 16.8 Å². The van der Waals surface area contributed by atoms with E-state index in [1.54, 1.807) is 0 Å². The lowest BCUT2D eigenvalue weighted by Gasteiger charge is -2.11. The molecule has 0 unspecified atom stereocenters. The van der Waals surface area contributed by atoms with Gasteiger partial charge in [0, 0.05) is 18.7 Å². The Kier molecular flexibility index (Phi) is 3.36. The van der Waals surface area contributed by atoms with Gasteiger partial charge in [-0.1, -0.05) is 0 Å². The van der Waals surface area contributed by atoms with Crippen LogP contribution < -0.4 is 5.56 Å². The third-order valence-electron chi connectivity index (χ3n) is 2.79. The van der Waals surface area contributed by atoms with Crippen LogP contribution in [-0.2, 0) is 7.05 Å². The number of hydrogen-bond donors (Lipinski definition) is 0. The minimum atomic E-state index is -3.10. The monoisotopic (exact) mass is 285 g/mol. The summed E-state index contributed by atoms with van der Waals surface area (Å²) in [5.74, 6) is -2.12. The van der Waals surface area contributed by atoms with Gasteiger partial charge < -0.3 is 0 Å². The molecule has 1 aromatic heterocycles. The third-order valence-corrected chi connectivity index (χ3v) is 2.79. The highest BCUT2D eigenvalue weighted by atomic mass is 19.3. The van der Waals surface area contributed by atoms with Crippen LogP contribution >= 0.6 is 0 Å². The minimum Gasteiger partial charge on any atom is -0.268 e. The quantitative estimate of drug-likeness (QED) is 0.795. The van der Waals surface area contributed by atoms with Crippen molar-refractivity contribution in [3.8, 4) is 17.3 Å². The van der Waals surface area contributed by atoms with E-state index in [4.69, 9.17) is 5.26 Å². The summed E-state index contributed by atoms with van der Waals surface area (Å²) in [5.41, 5.74) is -2.31. The number of halogens is 4. The molecule has 0 aliphatic carbocycles. The average molecular weight is 285 g/mol. The first-order chi connectivity index (χ1) is 9.36. The smallest absolute Gasteiger partial charge is 0.268 e. The molecule has 0 bridgehead atoms. The second kappa shape index (κ2) is 4.85. The third kappa shape index (κ3) is 2.07. The summed E-state index contributed by atoms with van der Waals surface area (Å²) in [6, 6.07) is 3.41. The average Bonchev–Trinajstić information content (AvgIpc) is 2.68. The summed E-state index contributed by atoms with van der Waals surface area (Å²) < 4.78 is 53.9. The Bertz CT molecular complexity index is 770. The van der Waals surface area contributed by atoms with Crippen LogP contribution in [0.1, 0.15) is 12.1 Å². The van der Waals surface area contributed by atoms with Gasteiger partial charge in [0.15, 0.2) is 0 Å². The fourth-order valence-corrected chi connectivity index (χ4v) is 1.81. The summed E-state index contributed by atoms with van der Waals surface area (Å²) in [5, 5.41) is 8.56. The van der Waals surface area contributed by atoms with Crippen LogP contribution in [0, 0.1) is 23.0 Å². The number of nitriles is 1. The molecule has 0 N–H and O–H groups in total. The first kappa shape index (κ1) is 13.9. The van der Waals surface area contributed by atoms with E-state index in [1.807, 2.05) is 0 Å². The summed E-state index contributed by atoms with van der Waals surface area (Å²) in [7, 11) is 1.08. The maximum Gasteiger partial charge on any atom is 0.332 e. The summed E-state index contributed by atoms with van der Waals surface area (Å²) in [6.45, 7) is -3.10. The second-order valence-corrected chi connectivity index (χ2v) is 3.94. The Morgan fingerprint density at radius 2 is 1.85 bits per heavy atom. The molecule has 1 heterocycles. The number of alkyl halides is 2. The largest absolute Gasteiger partial charge is 0.332 e. The Balaban J connectivity index is 2.76. The van der Waals surface area contributed by atoms with Gasteiger partial charge in [0.1, 0.15) is 17.7 Å². The van der Waals surface area contributed by atoms with Crippen LogP contribution in [-0.4, -0.2) is 9.36 Å². The summed E-state index contributed by atoms with van der Waals surface area (Å²) >= 11 is 0. The van der Waals surface area contributed by atoms with Crippen LogP contribution in [0.5, 0.6) is 0 Å². The van der Waals surface area contributed by atoms with Gasteiger partial charge in [-0.05, 0) is 12.1 Å². The molecule has 104 valence electrons. The van der Waals surface area contributed by atoms with Gasteiger partial charge in [-0.2, -0.15) is 14.0 Å². The van der Waals surface area contributed by atoms with Crippen molar-refractivity contribution in [1.82, 2.24) is 9.36 Å². The van der Waals surface area contributed by atoms with Gasteiger partial charge in [-0.3, -0.25) is 4.79 Å². The Hall–Kier alpha value is -2.56. The van der Waals surface area contributed by atoms with E-state index < -0.39 is 40.6 Å². The zero-order chi connectivity index (χ0) is 15.0. The molecule has 0 spiro atoms. The van der Waals surface area contributed by atoms with E-state index in [0.717, 1.165) is 13.1 Å². The van der Waals surface area contributed by atoms with E-state index in [9.17, 15) is 22.4 Å². The molecule has 0 saturated heterocycles. The molecule has 2 aromatic rings. The fourth-order valence-electron chi connectivity index (χ4n) is 1.81. The number of hydrogen-bond acceptors (Lipinski definition) is 2. The maximum atomic E-state index is 13.8. The molecule has 0 aliphatic heterocycles. The van der Waals surface area contributed by atoms with Crippen LogP contribution in [0.3, 0.4) is 0 Å². The number of rotatable bonds is 2. The lowest BCUT2D eigenvalue weighted by atomic mass is 10.1. The van der Waals surface area contributed by atoms with Crippen molar-refractivity contribution >= 4 is 0 Å². The van der Waals surface area contributed by atoms with Crippen molar-refractivity contribution in [2.24, 2.45) is 7.05 Å². The molecule has 0 amide bonds. The molecule has 2 rings (SSSR count). The zero-order valence-electron chi connectivity index (χ0n) is 10.1. The number of benzene rings is 1. The predicted octanol–water partition coefficient (Wildman–Crippen LogP) is 2.40. The molecule has 1 aromatic carbocycles. The molecule has 8 heteroatoms. The second-order valence-electron chi connectivity index (χ2n) is 3.94. The van der Waals surface area contributed by atoms with Gasteiger partial charge in [0.25, 0.3) is 5.56 Å². The van der Waals surface area contributed by atoms with E-state index in [-0.39, 0.29) is 4.68 Å². The highest BCUT2D eigenvalue weighted by Crippen LogP contribution is 2.27. The molecule has 0 aliphatic rings. The lowest BCUT2D eigenvalue weighted by molar-refractivity contribution is 0.0463. The van der Waals surface area contributed by atoms with Crippen LogP contribution in [0.2, 0.25) is 0 Å². The SMILES string of the molecule is Cn1c(=O)cc(-c2cc(F)c(C#N)cc2F)n1C(F)F. The predicted molar refractivity (Wildman–Crippen MR) is 61.0 cm³/mol. The Morgan fingerprint density at radius 1 is 1.20 bits per heavy atom. The highest BCUT2D eigenvalue weighted by Gasteiger charge is 2.21. The van der Waals surface area contributed by atoms with Crippen molar-refractivity contribution in [2.75, 3.05) is 0 Å². The first-order valence-electron chi connectivity index (χ1n) is 5.33. The fraction of sp³-hybridized carbons (Fsp3) is 0.167. The standard InChI is InChI=1S/C12H7F4N3O/c1-18-11(20)4-10(19(18)12(15)16)7-3-8(13)6(5-17)2-9(7)14/h2-4,12H,1H3. The van der Waals surface area contributed by atoms with Crippen molar-refractivity contribution in [1.29, 1.82) is 5.26 Å². The Labute approximate surface area is 110 Å². The molecule has 4 nitrogen and oxygen atoms in total. The van der Waals surface area contributed by atoms with E-state index in [1.165, 1.54) is 6.07 Å². The van der Waals surface area contributed by atoms with Crippen molar-refractivity contribution in [3.63, 3.8) is 0 Å². The molecule has 20 heavy (non-hydrogen) atoms. The Morgan fingerprint density at radius 3 is 2.40 bits per heavy atom. The molecule has 0 radical (unpaired) electrons. The van der Waals surface area contributed by atoms with Crippen molar-refractivity contribution in [2.45, 2.75) is 6.55 Å². The van der Waals surface area contributed by atoms with Gasteiger partial charge in [0.05, 0.1) is 11.3 Å². The lowest BCUT2D eigenvalue weighted by Crippen LogP contribution is -2.19. The molecule has 0 fully saturated rings. The topological polar surface area (TPSA) is 50.7 Å². The molecule has 0 saturated carbocycles. The summed E-state index contributed by atoms with van der Waals surface area (Å²) in [6.07, 6.45) is 0. The molecular formula is C12H7F4N3O. The van der Waals surface area contributed by atoms with Gasteiger partial charge in [0.2, 0.25) is 0 Å². The van der Waals surface area contributed by atoms with Gasteiger partial charge in [-0.25, -0.2) is 18.1 Å². The van der Waals surface area contributed by atoms with Crippen LogP contribution in [0.15, 0.2) is 23.0 Å². The molecular weight excluding hydrogens is 278 g/mol. The van der Waals surface area contributed by atoms with Crippen LogP contribution in [0.25, 0.3) is 11.3 Å². The molecule has 0 atom stereocenters. The van der Waals surface area contributed by atoms with Crippen LogP contribution in [0.4, 0.5) is 17.6 Å². The number of aromatic nitrogens is 2. The van der Waals surface area contributed by atoms with Crippen molar-refractivity contribution < 1.29 is 17.6 Å². The maximum absolute atomic E-state index is 13.8. The summed E-state index contributed by atoms with van der Waals surface area (Å²) in [4.78, 5) is 11.4. The van der Waals surface area contributed by atoms with E-state index in [2.05, 4.69) is 0 Å². The number of nitrogens with zero attached hydrogens (tertiary/aromatic N) is 3.